The molecule has 1 heterocycles. The first-order chi connectivity index (χ1) is 6.20. The van der Waals surface area contributed by atoms with Crippen LogP contribution in [0.25, 0.3) is 0 Å². The van der Waals surface area contributed by atoms with Crippen LogP contribution in [0.2, 0.25) is 5.02 Å². The highest BCUT2D eigenvalue weighted by Gasteiger charge is 2.16. The second-order valence-corrected chi connectivity index (χ2v) is 3.41. The highest BCUT2D eigenvalue weighted by atomic mass is 35.5. The van der Waals surface area contributed by atoms with Gasteiger partial charge in [0.05, 0.1) is 5.69 Å². The van der Waals surface area contributed by atoms with Gasteiger partial charge in [0, 0.05) is 23.2 Å². The molecule has 0 aromatic heterocycles. The predicted octanol–water partition coefficient (Wildman–Crippen LogP) is 2.94. The van der Waals surface area contributed by atoms with Crippen molar-refractivity contribution >= 4 is 29.3 Å². The van der Waals surface area contributed by atoms with Crippen molar-refractivity contribution in [3.8, 4) is 0 Å². The van der Waals surface area contributed by atoms with Crippen LogP contribution in [0.5, 0.6) is 0 Å². The SMILES string of the molecule is Cc1c(Cl)ccc2c1N=CCC2=O. The van der Waals surface area contributed by atoms with Gasteiger partial charge in [-0.25, -0.2) is 0 Å². The molecule has 0 saturated heterocycles. The lowest BCUT2D eigenvalue weighted by Gasteiger charge is -2.11. The summed E-state index contributed by atoms with van der Waals surface area (Å²) in [6.45, 7) is 1.87. The zero-order valence-corrected chi connectivity index (χ0v) is 7.93. The number of carbonyl (C=O) groups excluding carboxylic acids is 1. The van der Waals surface area contributed by atoms with Crippen LogP contribution in [0.1, 0.15) is 22.3 Å². The Balaban J connectivity index is 2.72. The van der Waals surface area contributed by atoms with Crippen molar-refractivity contribution in [1.82, 2.24) is 0 Å². The van der Waals surface area contributed by atoms with Gasteiger partial charge in [-0.1, -0.05) is 11.6 Å². The standard InChI is InChI=1S/C10H8ClNO/c1-6-8(11)3-2-7-9(13)4-5-12-10(6)7/h2-3,5H,4H2,1H3. The van der Waals surface area contributed by atoms with Gasteiger partial charge in [0.1, 0.15) is 0 Å². The third-order valence-electron chi connectivity index (χ3n) is 2.16. The molecular weight excluding hydrogens is 186 g/mol. The van der Waals surface area contributed by atoms with Crippen LogP contribution in [0, 0.1) is 6.92 Å². The summed E-state index contributed by atoms with van der Waals surface area (Å²) < 4.78 is 0. The third-order valence-corrected chi connectivity index (χ3v) is 2.57. The molecule has 13 heavy (non-hydrogen) atoms. The van der Waals surface area contributed by atoms with Crippen LogP contribution in [0.3, 0.4) is 0 Å². The van der Waals surface area contributed by atoms with Crippen molar-refractivity contribution in [2.24, 2.45) is 4.99 Å². The average molecular weight is 194 g/mol. The summed E-state index contributed by atoms with van der Waals surface area (Å²) in [6.07, 6.45) is 2.03. The van der Waals surface area contributed by atoms with E-state index in [-0.39, 0.29) is 5.78 Å². The molecule has 0 bridgehead atoms. The van der Waals surface area contributed by atoms with E-state index < -0.39 is 0 Å². The molecule has 3 heteroatoms. The van der Waals surface area contributed by atoms with Crippen LogP contribution in [0.15, 0.2) is 17.1 Å². The summed E-state index contributed by atoms with van der Waals surface area (Å²) in [5, 5.41) is 0.658. The van der Waals surface area contributed by atoms with Crippen LogP contribution >= 0.6 is 11.6 Å². The zero-order valence-electron chi connectivity index (χ0n) is 7.17. The first kappa shape index (κ1) is 8.45. The number of halogens is 1. The fourth-order valence-corrected chi connectivity index (χ4v) is 1.55. The molecule has 2 nitrogen and oxygen atoms in total. The molecular formula is C10H8ClNO. The minimum absolute atomic E-state index is 0.116. The van der Waals surface area contributed by atoms with E-state index in [1.54, 1.807) is 18.3 Å². The van der Waals surface area contributed by atoms with Gasteiger partial charge in [-0.3, -0.25) is 9.79 Å². The van der Waals surface area contributed by atoms with Gasteiger partial charge in [0.2, 0.25) is 0 Å². The minimum Gasteiger partial charge on any atom is -0.294 e. The number of nitrogens with zero attached hydrogens (tertiary/aromatic N) is 1. The lowest BCUT2D eigenvalue weighted by molar-refractivity contribution is 0.100. The smallest absolute Gasteiger partial charge is 0.170 e. The summed E-state index contributed by atoms with van der Waals surface area (Å²) in [7, 11) is 0. The van der Waals surface area contributed by atoms with E-state index in [1.807, 2.05) is 6.92 Å². The number of Topliss-reactive ketones (excluding diaryl/α,β-unsaturated/α-hetero) is 1. The number of benzene rings is 1. The number of aliphatic imine (C=N–C) groups is 1. The maximum atomic E-state index is 11.4. The molecule has 0 unspecified atom stereocenters. The summed E-state index contributed by atoms with van der Waals surface area (Å²) in [5.41, 5.74) is 2.29. The Bertz CT molecular complexity index is 410. The number of rotatable bonds is 0. The van der Waals surface area contributed by atoms with Gasteiger partial charge in [0.15, 0.2) is 5.78 Å². The molecule has 1 aromatic rings. The Hall–Kier alpha value is -1.15. The molecule has 1 aromatic carbocycles. The normalized spacial score (nSPS) is 14.5. The molecule has 0 amide bonds. The number of ketones is 1. The summed E-state index contributed by atoms with van der Waals surface area (Å²) >= 11 is 5.91. The molecule has 2 rings (SSSR count). The van der Waals surface area contributed by atoms with Crippen LogP contribution in [-0.2, 0) is 0 Å². The van der Waals surface area contributed by atoms with Gasteiger partial charge in [-0.15, -0.1) is 0 Å². The maximum absolute atomic E-state index is 11.4. The summed E-state index contributed by atoms with van der Waals surface area (Å²) in [5.74, 6) is 0.116. The Morgan fingerprint density at radius 1 is 1.46 bits per heavy atom. The number of hydrogen-bond acceptors (Lipinski definition) is 2. The molecule has 0 N–H and O–H groups in total. The topological polar surface area (TPSA) is 29.4 Å². The van der Waals surface area contributed by atoms with E-state index in [2.05, 4.69) is 4.99 Å². The molecule has 0 saturated carbocycles. The molecule has 1 aliphatic rings. The lowest BCUT2D eigenvalue weighted by Crippen LogP contribution is -2.05. The Labute approximate surface area is 81.2 Å². The van der Waals surface area contributed by atoms with Crippen molar-refractivity contribution in [3.05, 3.63) is 28.3 Å². The van der Waals surface area contributed by atoms with E-state index in [0.717, 1.165) is 11.3 Å². The quantitative estimate of drug-likeness (QED) is 0.623. The summed E-state index contributed by atoms with van der Waals surface area (Å²) in [6, 6.07) is 3.48. The maximum Gasteiger partial charge on any atom is 0.170 e. The van der Waals surface area contributed by atoms with Gasteiger partial charge in [0.25, 0.3) is 0 Å². The zero-order chi connectivity index (χ0) is 9.42. The highest BCUT2D eigenvalue weighted by Crippen LogP contribution is 2.32. The van der Waals surface area contributed by atoms with Gasteiger partial charge in [-0.2, -0.15) is 0 Å². The van der Waals surface area contributed by atoms with Crippen LogP contribution < -0.4 is 0 Å². The fraction of sp³-hybridized carbons (Fsp3) is 0.200. The second-order valence-electron chi connectivity index (χ2n) is 3.01. The van der Waals surface area contributed by atoms with Crippen LogP contribution in [0.4, 0.5) is 5.69 Å². The van der Waals surface area contributed by atoms with E-state index in [9.17, 15) is 4.79 Å². The number of fused-ring (bicyclic) bond motifs is 1. The molecule has 0 fully saturated rings. The Morgan fingerprint density at radius 3 is 3.00 bits per heavy atom. The number of hydrogen-bond donors (Lipinski definition) is 0. The van der Waals surface area contributed by atoms with Crippen molar-refractivity contribution in [1.29, 1.82) is 0 Å². The average Bonchev–Trinajstić information content (AvgIpc) is 2.12. The van der Waals surface area contributed by atoms with E-state index in [0.29, 0.717) is 17.0 Å². The van der Waals surface area contributed by atoms with Crippen molar-refractivity contribution in [2.75, 3.05) is 0 Å². The largest absolute Gasteiger partial charge is 0.294 e. The monoisotopic (exact) mass is 193 g/mol. The van der Waals surface area contributed by atoms with E-state index in [1.165, 1.54) is 0 Å². The molecule has 1 aliphatic heterocycles. The van der Waals surface area contributed by atoms with E-state index >= 15 is 0 Å². The third kappa shape index (κ3) is 1.27. The Morgan fingerprint density at radius 2 is 2.23 bits per heavy atom. The first-order valence-corrected chi connectivity index (χ1v) is 4.43. The first-order valence-electron chi connectivity index (χ1n) is 4.05. The van der Waals surface area contributed by atoms with Gasteiger partial charge < -0.3 is 0 Å². The van der Waals surface area contributed by atoms with Crippen molar-refractivity contribution in [2.45, 2.75) is 13.3 Å². The predicted molar refractivity (Wildman–Crippen MR) is 53.3 cm³/mol. The second kappa shape index (κ2) is 2.96. The van der Waals surface area contributed by atoms with Gasteiger partial charge in [-0.05, 0) is 24.6 Å². The minimum atomic E-state index is 0.116. The molecule has 0 aliphatic carbocycles. The summed E-state index contributed by atoms with van der Waals surface area (Å²) in [4.78, 5) is 15.6. The molecule has 0 spiro atoms. The van der Waals surface area contributed by atoms with E-state index in [4.69, 9.17) is 11.6 Å². The van der Waals surface area contributed by atoms with Gasteiger partial charge >= 0.3 is 0 Å². The lowest BCUT2D eigenvalue weighted by atomic mass is 10.0. The highest BCUT2D eigenvalue weighted by molar-refractivity contribution is 6.32. The fourth-order valence-electron chi connectivity index (χ4n) is 1.40. The number of carbonyl (C=O) groups is 1. The van der Waals surface area contributed by atoms with Crippen LogP contribution in [-0.4, -0.2) is 12.0 Å². The Kier molecular flexibility index (Phi) is 1.93. The molecule has 0 radical (unpaired) electrons. The molecule has 66 valence electrons. The van der Waals surface area contributed by atoms with Crippen molar-refractivity contribution < 1.29 is 4.79 Å². The molecule has 0 atom stereocenters. The van der Waals surface area contributed by atoms with Crippen molar-refractivity contribution in [3.63, 3.8) is 0 Å².